The molecule has 0 unspecified atom stereocenters. The monoisotopic (exact) mass is 212 g/mol. The van der Waals surface area contributed by atoms with E-state index in [1.54, 1.807) is 18.3 Å². The summed E-state index contributed by atoms with van der Waals surface area (Å²) < 4.78 is 0. The number of rotatable bonds is 2. The Hall–Kier alpha value is -1.56. The normalized spacial score (nSPS) is 9.21. The quantitative estimate of drug-likeness (QED) is 0.416. The maximum absolute atomic E-state index is 11.3. The number of carbonyl (C=O) groups excluding carboxylic acids is 1. The topological polar surface area (TPSA) is 68.9 Å². The lowest BCUT2D eigenvalue weighted by molar-refractivity contribution is 0.0939. The maximum Gasteiger partial charge on any atom is 0.286 e. The Kier molecular flexibility index (Phi) is 3.93. The highest BCUT2D eigenvalue weighted by Crippen LogP contribution is 1.91. The first-order chi connectivity index (χ1) is 6.74. The van der Waals surface area contributed by atoms with E-state index in [-0.39, 0.29) is 5.91 Å². The first kappa shape index (κ1) is 10.5. The fraction of sp³-hybridized carbons (Fsp3) is 0.250. The zero-order valence-electron chi connectivity index (χ0n) is 7.76. The second-order valence-corrected chi connectivity index (χ2v) is 2.93. The standard InChI is InChI=1S/C8H12N4OS/c1-2-9-8(14)12-11-7(13)6-4-3-5-10-6/h3-5,10H,2H2,1H3,(H,11,13)(H2,9,12,14). The lowest BCUT2D eigenvalue weighted by Crippen LogP contribution is -2.46. The second-order valence-electron chi connectivity index (χ2n) is 2.52. The van der Waals surface area contributed by atoms with Gasteiger partial charge in [0.05, 0.1) is 0 Å². The van der Waals surface area contributed by atoms with Crippen molar-refractivity contribution in [2.45, 2.75) is 6.92 Å². The molecule has 0 aliphatic carbocycles. The SMILES string of the molecule is CCNC(=S)NNC(=O)c1ccc[nH]1. The number of carbonyl (C=O) groups is 1. The molecule has 1 aromatic rings. The smallest absolute Gasteiger partial charge is 0.286 e. The van der Waals surface area contributed by atoms with Gasteiger partial charge in [0.1, 0.15) is 5.69 Å². The van der Waals surface area contributed by atoms with Gasteiger partial charge in [-0.1, -0.05) is 0 Å². The van der Waals surface area contributed by atoms with Gasteiger partial charge in [-0.15, -0.1) is 0 Å². The molecule has 14 heavy (non-hydrogen) atoms. The summed E-state index contributed by atoms with van der Waals surface area (Å²) in [5.41, 5.74) is 5.50. The number of amides is 1. The van der Waals surface area contributed by atoms with Crippen LogP contribution in [-0.4, -0.2) is 22.5 Å². The number of hydrogen-bond donors (Lipinski definition) is 4. The molecule has 4 N–H and O–H groups in total. The Morgan fingerprint density at radius 3 is 2.93 bits per heavy atom. The van der Waals surface area contributed by atoms with E-state index in [1.165, 1.54) is 0 Å². The molecule has 1 aromatic heterocycles. The number of thiocarbonyl (C=S) groups is 1. The molecule has 76 valence electrons. The molecule has 0 fully saturated rings. The molecule has 1 amide bonds. The molecule has 0 spiro atoms. The Bertz CT molecular complexity index is 309. The fourth-order valence-corrected chi connectivity index (χ4v) is 1.05. The van der Waals surface area contributed by atoms with E-state index >= 15 is 0 Å². The Balaban J connectivity index is 2.32. The van der Waals surface area contributed by atoms with E-state index in [1.807, 2.05) is 6.92 Å². The fourth-order valence-electron chi connectivity index (χ4n) is 0.857. The van der Waals surface area contributed by atoms with Gasteiger partial charge in [0, 0.05) is 12.7 Å². The van der Waals surface area contributed by atoms with Crippen LogP contribution in [0.15, 0.2) is 18.3 Å². The molecule has 1 heterocycles. The van der Waals surface area contributed by atoms with Crippen LogP contribution >= 0.6 is 12.2 Å². The number of hydrazine groups is 1. The number of H-pyrrole nitrogens is 1. The third-order valence-corrected chi connectivity index (χ3v) is 1.72. The van der Waals surface area contributed by atoms with Crippen LogP contribution in [0.4, 0.5) is 0 Å². The highest BCUT2D eigenvalue weighted by atomic mass is 32.1. The Morgan fingerprint density at radius 2 is 2.36 bits per heavy atom. The minimum absolute atomic E-state index is 0.254. The van der Waals surface area contributed by atoms with Gasteiger partial charge in [-0.3, -0.25) is 15.6 Å². The lowest BCUT2D eigenvalue weighted by Gasteiger charge is -2.08. The van der Waals surface area contributed by atoms with Gasteiger partial charge in [0.25, 0.3) is 5.91 Å². The van der Waals surface area contributed by atoms with Crippen LogP contribution in [0.1, 0.15) is 17.4 Å². The van der Waals surface area contributed by atoms with E-state index in [9.17, 15) is 4.79 Å². The Labute approximate surface area is 87.2 Å². The van der Waals surface area contributed by atoms with Crippen LogP contribution in [0.2, 0.25) is 0 Å². The van der Waals surface area contributed by atoms with Crippen molar-refractivity contribution in [3.63, 3.8) is 0 Å². The van der Waals surface area contributed by atoms with Gasteiger partial charge >= 0.3 is 0 Å². The zero-order chi connectivity index (χ0) is 10.4. The van der Waals surface area contributed by atoms with E-state index in [0.29, 0.717) is 17.4 Å². The summed E-state index contributed by atoms with van der Waals surface area (Å²) in [6.07, 6.45) is 1.68. The first-order valence-electron chi connectivity index (χ1n) is 4.21. The van der Waals surface area contributed by atoms with E-state index in [4.69, 9.17) is 12.2 Å². The summed E-state index contributed by atoms with van der Waals surface area (Å²) in [6.45, 7) is 2.63. The maximum atomic E-state index is 11.3. The summed E-state index contributed by atoms with van der Waals surface area (Å²) in [6, 6.07) is 3.42. The van der Waals surface area contributed by atoms with Crippen molar-refractivity contribution in [2.75, 3.05) is 6.54 Å². The highest BCUT2D eigenvalue weighted by molar-refractivity contribution is 7.80. The number of hydrogen-bond acceptors (Lipinski definition) is 2. The van der Waals surface area contributed by atoms with Gasteiger partial charge in [-0.25, -0.2) is 0 Å². The van der Waals surface area contributed by atoms with Crippen molar-refractivity contribution in [2.24, 2.45) is 0 Å². The van der Waals surface area contributed by atoms with Gasteiger partial charge < -0.3 is 10.3 Å². The van der Waals surface area contributed by atoms with Crippen molar-refractivity contribution in [1.82, 2.24) is 21.2 Å². The van der Waals surface area contributed by atoms with Crippen molar-refractivity contribution in [3.8, 4) is 0 Å². The van der Waals surface area contributed by atoms with Crippen molar-refractivity contribution in [1.29, 1.82) is 0 Å². The summed E-state index contributed by atoms with van der Waals surface area (Å²) in [7, 11) is 0. The molecule has 0 aliphatic heterocycles. The molecule has 0 saturated heterocycles. The molecule has 0 aromatic carbocycles. The molecule has 0 radical (unpaired) electrons. The number of nitrogens with one attached hydrogen (secondary N) is 4. The minimum atomic E-state index is -0.254. The molecule has 6 heteroatoms. The predicted molar refractivity (Wildman–Crippen MR) is 57.7 cm³/mol. The summed E-state index contributed by atoms with van der Waals surface area (Å²) in [4.78, 5) is 14.1. The molecule has 0 atom stereocenters. The van der Waals surface area contributed by atoms with Crippen LogP contribution in [0.5, 0.6) is 0 Å². The van der Waals surface area contributed by atoms with E-state index < -0.39 is 0 Å². The van der Waals surface area contributed by atoms with Gasteiger partial charge in [0.2, 0.25) is 0 Å². The summed E-state index contributed by atoms with van der Waals surface area (Å²) in [5.74, 6) is -0.254. The predicted octanol–water partition coefficient (Wildman–Crippen LogP) is 0.143. The highest BCUT2D eigenvalue weighted by Gasteiger charge is 2.04. The van der Waals surface area contributed by atoms with Crippen LogP contribution < -0.4 is 16.2 Å². The van der Waals surface area contributed by atoms with Crippen molar-refractivity contribution >= 4 is 23.2 Å². The van der Waals surface area contributed by atoms with E-state index in [2.05, 4.69) is 21.2 Å². The Morgan fingerprint density at radius 1 is 1.57 bits per heavy atom. The van der Waals surface area contributed by atoms with Gasteiger partial charge in [0.15, 0.2) is 5.11 Å². The molecule has 5 nitrogen and oxygen atoms in total. The molecule has 1 rings (SSSR count). The molecule has 0 saturated carbocycles. The molecule has 0 bridgehead atoms. The zero-order valence-corrected chi connectivity index (χ0v) is 8.57. The third-order valence-electron chi connectivity index (χ3n) is 1.47. The average Bonchev–Trinajstić information content (AvgIpc) is 2.67. The van der Waals surface area contributed by atoms with E-state index in [0.717, 1.165) is 0 Å². The molecule has 0 aliphatic rings. The van der Waals surface area contributed by atoms with Gasteiger partial charge in [-0.05, 0) is 31.3 Å². The number of aromatic amines is 1. The lowest BCUT2D eigenvalue weighted by atomic mass is 10.4. The van der Waals surface area contributed by atoms with Gasteiger partial charge in [-0.2, -0.15) is 0 Å². The third kappa shape index (κ3) is 3.06. The van der Waals surface area contributed by atoms with Crippen molar-refractivity contribution in [3.05, 3.63) is 24.0 Å². The minimum Gasteiger partial charge on any atom is -0.362 e. The van der Waals surface area contributed by atoms with Crippen LogP contribution in [0, 0.1) is 0 Å². The van der Waals surface area contributed by atoms with Crippen LogP contribution in [0.3, 0.4) is 0 Å². The van der Waals surface area contributed by atoms with Crippen LogP contribution in [-0.2, 0) is 0 Å². The molecular formula is C8H12N4OS. The summed E-state index contributed by atoms with van der Waals surface area (Å²) >= 11 is 4.85. The average molecular weight is 212 g/mol. The molecular weight excluding hydrogens is 200 g/mol. The first-order valence-corrected chi connectivity index (χ1v) is 4.62. The largest absolute Gasteiger partial charge is 0.362 e. The summed E-state index contributed by atoms with van der Waals surface area (Å²) in [5, 5.41) is 3.24. The second kappa shape index (κ2) is 5.23. The van der Waals surface area contributed by atoms with Crippen molar-refractivity contribution < 1.29 is 4.79 Å². The number of aromatic nitrogens is 1. The van der Waals surface area contributed by atoms with Crippen LogP contribution in [0.25, 0.3) is 0 Å².